The SMILES string of the molecule is CCN=C(NC1C2CCOC2C12CCC2)N1CCC(C(=O)OCC)CC1. The molecule has 4 rings (SSSR count). The maximum absolute atomic E-state index is 12.0. The molecule has 0 aromatic heterocycles. The first kappa shape index (κ1) is 18.1. The number of piperidine rings is 1. The number of rotatable bonds is 4. The van der Waals surface area contributed by atoms with Gasteiger partial charge in [-0.05, 0) is 46.0 Å². The number of guanidine groups is 1. The molecule has 146 valence electrons. The first-order chi connectivity index (χ1) is 12.7. The van der Waals surface area contributed by atoms with Gasteiger partial charge in [-0.15, -0.1) is 0 Å². The van der Waals surface area contributed by atoms with E-state index >= 15 is 0 Å². The summed E-state index contributed by atoms with van der Waals surface area (Å²) in [6.07, 6.45) is 7.27. The zero-order valence-electron chi connectivity index (χ0n) is 16.2. The first-order valence-electron chi connectivity index (χ1n) is 10.5. The number of carbonyl (C=O) groups excluding carboxylic acids is 1. The highest BCUT2D eigenvalue weighted by Crippen LogP contribution is 2.62. The second-order valence-corrected chi connectivity index (χ2v) is 8.26. The lowest BCUT2D eigenvalue weighted by molar-refractivity contribution is -0.171. The van der Waals surface area contributed by atoms with Gasteiger partial charge in [-0.3, -0.25) is 9.79 Å². The van der Waals surface area contributed by atoms with Gasteiger partial charge in [-0.2, -0.15) is 0 Å². The molecular formula is C20H33N3O3. The van der Waals surface area contributed by atoms with Crippen molar-refractivity contribution in [1.82, 2.24) is 10.2 Å². The highest BCUT2D eigenvalue weighted by atomic mass is 16.5. The average Bonchev–Trinajstić information content (AvgIpc) is 3.02. The van der Waals surface area contributed by atoms with E-state index in [0.29, 0.717) is 30.1 Å². The number of nitrogens with one attached hydrogen (secondary N) is 1. The molecule has 0 aromatic carbocycles. The van der Waals surface area contributed by atoms with E-state index in [1.165, 1.54) is 25.7 Å². The molecule has 1 spiro atoms. The highest BCUT2D eigenvalue weighted by Gasteiger charge is 2.66. The van der Waals surface area contributed by atoms with E-state index in [4.69, 9.17) is 14.5 Å². The van der Waals surface area contributed by atoms with Crippen molar-refractivity contribution in [2.45, 2.75) is 64.5 Å². The van der Waals surface area contributed by atoms with Crippen molar-refractivity contribution in [2.75, 3.05) is 32.8 Å². The van der Waals surface area contributed by atoms with Crippen molar-refractivity contribution in [3.8, 4) is 0 Å². The van der Waals surface area contributed by atoms with Crippen LogP contribution in [0.1, 0.15) is 52.4 Å². The van der Waals surface area contributed by atoms with Gasteiger partial charge in [0.05, 0.1) is 18.6 Å². The Balaban J connectivity index is 1.38. The second kappa shape index (κ2) is 7.37. The van der Waals surface area contributed by atoms with E-state index in [-0.39, 0.29) is 11.9 Å². The summed E-state index contributed by atoms with van der Waals surface area (Å²) in [5.74, 6) is 1.70. The lowest BCUT2D eigenvalue weighted by Crippen LogP contribution is -2.72. The van der Waals surface area contributed by atoms with E-state index in [0.717, 1.165) is 45.0 Å². The van der Waals surface area contributed by atoms with Crippen LogP contribution in [0.15, 0.2) is 4.99 Å². The van der Waals surface area contributed by atoms with E-state index in [2.05, 4.69) is 17.1 Å². The van der Waals surface area contributed by atoms with Gasteiger partial charge in [-0.25, -0.2) is 0 Å². The Morgan fingerprint density at radius 1 is 1.27 bits per heavy atom. The van der Waals surface area contributed by atoms with Crippen LogP contribution in [0.5, 0.6) is 0 Å². The van der Waals surface area contributed by atoms with E-state index in [9.17, 15) is 4.79 Å². The highest BCUT2D eigenvalue weighted by molar-refractivity contribution is 5.81. The van der Waals surface area contributed by atoms with Gasteiger partial charge in [0, 0.05) is 43.6 Å². The third-order valence-electron chi connectivity index (χ3n) is 7.04. The Kier molecular flexibility index (Phi) is 5.13. The quantitative estimate of drug-likeness (QED) is 0.471. The monoisotopic (exact) mass is 363 g/mol. The minimum Gasteiger partial charge on any atom is -0.466 e. The Bertz CT molecular complexity index is 553. The zero-order chi connectivity index (χ0) is 18.1. The summed E-state index contributed by atoms with van der Waals surface area (Å²) in [7, 11) is 0. The Morgan fingerprint density at radius 2 is 2.04 bits per heavy atom. The Labute approximate surface area is 156 Å². The van der Waals surface area contributed by atoms with Gasteiger partial charge in [0.25, 0.3) is 0 Å². The predicted octanol–water partition coefficient (Wildman–Crippen LogP) is 2.18. The molecule has 1 N–H and O–H groups in total. The van der Waals surface area contributed by atoms with Crippen molar-refractivity contribution in [2.24, 2.45) is 22.2 Å². The van der Waals surface area contributed by atoms with Crippen LogP contribution < -0.4 is 5.32 Å². The van der Waals surface area contributed by atoms with Crippen molar-refractivity contribution >= 4 is 11.9 Å². The molecule has 0 amide bonds. The fourth-order valence-corrected chi connectivity index (χ4v) is 5.57. The Morgan fingerprint density at radius 3 is 2.65 bits per heavy atom. The van der Waals surface area contributed by atoms with Gasteiger partial charge >= 0.3 is 5.97 Å². The van der Waals surface area contributed by atoms with Crippen LogP contribution in [0.4, 0.5) is 0 Å². The van der Waals surface area contributed by atoms with Crippen LogP contribution in [0.25, 0.3) is 0 Å². The lowest BCUT2D eigenvalue weighted by atomic mass is 9.46. The van der Waals surface area contributed by atoms with Crippen LogP contribution in [-0.4, -0.2) is 61.8 Å². The predicted molar refractivity (Wildman–Crippen MR) is 100.0 cm³/mol. The average molecular weight is 364 g/mol. The van der Waals surface area contributed by atoms with E-state index in [1.54, 1.807) is 0 Å². The smallest absolute Gasteiger partial charge is 0.309 e. The summed E-state index contributed by atoms with van der Waals surface area (Å²) >= 11 is 0. The fourth-order valence-electron chi connectivity index (χ4n) is 5.57. The number of likely N-dealkylation sites (tertiary alicyclic amines) is 1. The van der Waals surface area contributed by atoms with Gasteiger partial charge in [0.15, 0.2) is 5.96 Å². The van der Waals surface area contributed by atoms with Crippen LogP contribution in [-0.2, 0) is 14.3 Å². The normalized spacial score (nSPS) is 33.4. The molecule has 6 nitrogen and oxygen atoms in total. The molecule has 2 aliphatic heterocycles. The molecule has 26 heavy (non-hydrogen) atoms. The number of esters is 1. The molecular weight excluding hydrogens is 330 g/mol. The molecule has 4 aliphatic rings. The van der Waals surface area contributed by atoms with Crippen LogP contribution in [0.2, 0.25) is 0 Å². The number of aliphatic imine (C=N–C) groups is 1. The van der Waals surface area contributed by atoms with Crippen molar-refractivity contribution in [3.05, 3.63) is 0 Å². The van der Waals surface area contributed by atoms with Crippen LogP contribution >= 0.6 is 0 Å². The van der Waals surface area contributed by atoms with Crippen molar-refractivity contribution in [3.63, 3.8) is 0 Å². The fraction of sp³-hybridized carbons (Fsp3) is 0.900. The molecule has 3 atom stereocenters. The summed E-state index contributed by atoms with van der Waals surface area (Å²) in [4.78, 5) is 19.1. The van der Waals surface area contributed by atoms with Crippen LogP contribution in [0, 0.1) is 17.3 Å². The molecule has 2 saturated heterocycles. The van der Waals surface area contributed by atoms with E-state index in [1.807, 2.05) is 6.92 Å². The molecule has 2 heterocycles. The topological polar surface area (TPSA) is 63.2 Å². The third-order valence-corrected chi connectivity index (χ3v) is 7.04. The Hall–Kier alpha value is -1.30. The maximum atomic E-state index is 12.0. The van der Waals surface area contributed by atoms with Gasteiger partial charge in [0.1, 0.15) is 0 Å². The second-order valence-electron chi connectivity index (χ2n) is 8.26. The van der Waals surface area contributed by atoms with Gasteiger partial charge < -0.3 is 19.7 Å². The summed E-state index contributed by atoms with van der Waals surface area (Å²) in [6, 6.07) is 0.511. The minimum absolute atomic E-state index is 0.0348. The molecule has 0 radical (unpaired) electrons. The molecule has 0 aromatic rings. The van der Waals surface area contributed by atoms with E-state index < -0.39 is 0 Å². The van der Waals surface area contributed by atoms with Gasteiger partial charge in [-0.1, -0.05) is 6.42 Å². The first-order valence-corrected chi connectivity index (χ1v) is 10.5. The number of nitrogens with zero attached hydrogens (tertiary/aromatic N) is 2. The zero-order valence-corrected chi connectivity index (χ0v) is 16.2. The molecule has 6 heteroatoms. The molecule has 2 aliphatic carbocycles. The molecule has 2 saturated carbocycles. The van der Waals surface area contributed by atoms with Crippen molar-refractivity contribution in [1.29, 1.82) is 0 Å². The van der Waals surface area contributed by atoms with Crippen molar-refractivity contribution < 1.29 is 14.3 Å². The number of ether oxygens (including phenoxy) is 2. The number of fused-ring (bicyclic) bond motifs is 2. The summed E-state index contributed by atoms with van der Waals surface area (Å²) in [5, 5.41) is 3.84. The minimum atomic E-state index is -0.0348. The largest absolute Gasteiger partial charge is 0.466 e. The summed E-state index contributed by atoms with van der Waals surface area (Å²) in [6.45, 7) is 7.88. The number of hydrogen-bond donors (Lipinski definition) is 1. The lowest BCUT2D eigenvalue weighted by Gasteiger charge is -2.63. The molecule has 0 bridgehead atoms. The summed E-state index contributed by atoms with van der Waals surface area (Å²) in [5.41, 5.74) is 0.360. The number of carbonyl (C=O) groups is 1. The summed E-state index contributed by atoms with van der Waals surface area (Å²) < 4.78 is 11.2. The molecule has 3 unspecified atom stereocenters. The third kappa shape index (κ3) is 2.90. The van der Waals surface area contributed by atoms with Crippen LogP contribution in [0.3, 0.4) is 0 Å². The van der Waals surface area contributed by atoms with Gasteiger partial charge in [0.2, 0.25) is 0 Å². The maximum Gasteiger partial charge on any atom is 0.309 e. The number of hydrogen-bond acceptors (Lipinski definition) is 4. The molecule has 4 fully saturated rings. The standard InChI is InChI=1S/C20H33N3O3/c1-3-21-19(23-11-6-14(7-12-23)18(24)25-4-2)22-16-15-8-13-26-17(15)20(16)9-5-10-20/h14-17H,3-13H2,1-2H3,(H,21,22).